The standard InChI is InChI=1S/C43H72NO9P/c1-3-5-7-9-11-13-14-15-16-17-18-19-20-21-22-23-24-25-26-27-28-30-32-34-36-50-37-40(38-51-54(48,49)52-39-41(44)43(46)47)53-42(45)35-33-31-29-12-10-8-6-4-2/h5,7,11,13,15-16,18-19,21-22,24-25,27-28,40-41H,3-4,6,8-10,12,14,17,20,23,26,29-39,44H2,1-2H3,(H,46,47)(H,48,49)/b7-5-,13-11-,16-15-,19-18-,22-21-,25-24-,28-27-. The van der Waals surface area contributed by atoms with E-state index in [-0.39, 0.29) is 13.0 Å². The minimum atomic E-state index is -4.62. The highest BCUT2D eigenvalue weighted by Gasteiger charge is 2.27. The molecule has 0 radical (unpaired) electrons. The first-order valence-corrected chi connectivity index (χ1v) is 21.6. The molecule has 3 unspecified atom stereocenters. The molecule has 0 aliphatic heterocycles. The summed E-state index contributed by atoms with van der Waals surface area (Å²) in [4.78, 5) is 33.3. The summed E-state index contributed by atoms with van der Waals surface area (Å²) in [5.74, 6) is -1.81. The first-order valence-electron chi connectivity index (χ1n) is 20.1. The number of aliphatic carboxylic acids is 1. The van der Waals surface area contributed by atoms with Gasteiger partial charge in [0.2, 0.25) is 0 Å². The van der Waals surface area contributed by atoms with Crippen LogP contribution < -0.4 is 5.73 Å². The lowest BCUT2D eigenvalue weighted by atomic mass is 10.1. The van der Waals surface area contributed by atoms with Gasteiger partial charge in [-0.3, -0.25) is 18.6 Å². The van der Waals surface area contributed by atoms with E-state index < -0.39 is 45.1 Å². The van der Waals surface area contributed by atoms with Gasteiger partial charge in [-0.1, -0.05) is 144 Å². The molecular weight excluding hydrogens is 705 g/mol. The summed E-state index contributed by atoms with van der Waals surface area (Å²) in [6.45, 7) is 3.58. The van der Waals surface area contributed by atoms with E-state index in [1.165, 1.54) is 25.7 Å². The number of allylic oxidation sites excluding steroid dienone is 14. The zero-order valence-corrected chi connectivity index (χ0v) is 34.2. The van der Waals surface area contributed by atoms with Crippen molar-refractivity contribution in [1.29, 1.82) is 0 Å². The molecule has 4 N–H and O–H groups in total. The molecule has 0 saturated carbocycles. The van der Waals surface area contributed by atoms with E-state index in [9.17, 15) is 19.0 Å². The Labute approximate surface area is 326 Å². The van der Waals surface area contributed by atoms with Crippen LogP contribution in [0, 0.1) is 0 Å². The molecule has 0 aromatic rings. The number of nitrogens with two attached hydrogens (primary N) is 1. The number of phosphoric acid groups is 1. The summed E-state index contributed by atoms with van der Waals surface area (Å²) >= 11 is 0. The molecule has 0 rings (SSSR count). The largest absolute Gasteiger partial charge is 0.480 e. The Morgan fingerprint density at radius 2 is 1.07 bits per heavy atom. The van der Waals surface area contributed by atoms with E-state index in [0.717, 1.165) is 83.5 Å². The van der Waals surface area contributed by atoms with E-state index in [1.54, 1.807) is 0 Å². The summed E-state index contributed by atoms with van der Waals surface area (Å²) in [5, 5.41) is 8.86. The van der Waals surface area contributed by atoms with E-state index in [0.29, 0.717) is 13.0 Å². The van der Waals surface area contributed by atoms with Crippen molar-refractivity contribution in [3.05, 3.63) is 85.1 Å². The molecule has 0 aliphatic rings. The van der Waals surface area contributed by atoms with E-state index in [1.807, 2.05) is 0 Å². The first kappa shape index (κ1) is 51.1. The van der Waals surface area contributed by atoms with Crippen molar-refractivity contribution < 1.29 is 42.7 Å². The van der Waals surface area contributed by atoms with E-state index in [2.05, 4.69) is 103 Å². The maximum absolute atomic E-state index is 12.5. The summed E-state index contributed by atoms with van der Waals surface area (Å²) in [6, 6.07) is -1.48. The van der Waals surface area contributed by atoms with Gasteiger partial charge >= 0.3 is 19.8 Å². The van der Waals surface area contributed by atoms with Gasteiger partial charge in [0.05, 0.1) is 19.8 Å². The van der Waals surface area contributed by atoms with Gasteiger partial charge in [-0.2, -0.15) is 0 Å². The van der Waals surface area contributed by atoms with Crippen LogP contribution in [0.5, 0.6) is 0 Å². The molecule has 0 bridgehead atoms. The summed E-state index contributed by atoms with van der Waals surface area (Å²) in [7, 11) is -4.62. The lowest BCUT2D eigenvalue weighted by molar-refractivity contribution is -0.154. The van der Waals surface area contributed by atoms with Gasteiger partial charge in [0.15, 0.2) is 0 Å². The third kappa shape index (κ3) is 37.5. The van der Waals surface area contributed by atoms with Crippen LogP contribution in [0.2, 0.25) is 0 Å². The van der Waals surface area contributed by atoms with Gasteiger partial charge in [-0.05, 0) is 70.6 Å². The van der Waals surface area contributed by atoms with Crippen molar-refractivity contribution in [2.75, 3.05) is 26.4 Å². The lowest BCUT2D eigenvalue weighted by Crippen LogP contribution is -2.34. The first-order chi connectivity index (χ1) is 26.2. The summed E-state index contributed by atoms with van der Waals surface area (Å²) in [6.07, 6.45) is 48.1. The zero-order valence-electron chi connectivity index (χ0n) is 33.3. The Bertz CT molecular complexity index is 1180. The SMILES string of the molecule is CC/C=C\C/C=C\C/C=C\C/C=C\C/C=C\C/C=C\C/C=C\CCCCOCC(COP(=O)(O)OCC(N)C(=O)O)OC(=O)CCCCCCCCCC. The molecule has 54 heavy (non-hydrogen) atoms. The predicted molar refractivity (Wildman–Crippen MR) is 221 cm³/mol. The van der Waals surface area contributed by atoms with Crippen LogP contribution >= 0.6 is 7.82 Å². The molecule has 0 aliphatic carbocycles. The zero-order chi connectivity index (χ0) is 39.8. The van der Waals surface area contributed by atoms with Crippen molar-refractivity contribution in [2.24, 2.45) is 5.73 Å². The molecule has 0 amide bonds. The number of carboxylic acids is 1. The lowest BCUT2D eigenvalue weighted by Gasteiger charge is -2.20. The monoisotopic (exact) mass is 777 g/mol. The van der Waals surface area contributed by atoms with Crippen LogP contribution in [-0.2, 0) is 32.7 Å². The van der Waals surface area contributed by atoms with E-state index >= 15 is 0 Å². The van der Waals surface area contributed by atoms with Gasteiger partial charge in [0.1, 0.15) is 12.1 Å². The van der Waals surface area contributed by atoms with Crippen LogP contribution in [0.1, 0.15) is 136 Å². The van der Waals surface area contributed by atoms with Crippen LogP contribution in [0.25, 0.3) is 0 Å². The van der Waals surface area contributed by atoms with Crippen LogP contribution in [0.4, 0.5) is 0 Å². The third-order valence-electron chi connectivity index (χ3n) is 7.94. The van der Waals surface area contributed by atoms with Gasteiger partial charge in [-0.15, -0.1) is 0 Å². The fourth-order valence-electron chi connectivity index (χ4n) is 4.82. The average molecular weight is 778 g/mol. The van der Waals surface area contributed by atoms with Crippen LogP contribution in [0.15, 0.2) is 85.1 Å². The molecule has 0 aromatic carbocycles. The van der Waals surface area contributed by atoms with E-state index in [4.69, 9.17) is 24.8 Å². The number of phosphoric ester groups is 1. The molecule has 308 valence electrons. The molecule has 0 aromatic heterocycles. The third-order valence-corrected chi connectivity index (χ3v) is 8.89. The Balaban J connectivity index is 4.28. The summed E-state index contributed by atoms with van der Waals surface area (Å²) in [5.41, 5.74) is 5.33. The molecule has 10 nitrogen and oxygen atoms in total. The van der Waals surface area contributed by atoms with Crippen LogP contribution in [0.3, 0.4) is 0 Å². The highest BCUT2D eigenvalue weighted by molar-refractivity contribution is 7.47. The number of carbonyl (C=O) groups excluding carboxylic acids is 1. The molecule has 3 atom stereocenters. The van der Waals surface area contributed by atoms with Crippen molar-refractivity contribution >= 4 is 19.8 Å². The van der Waals surface area contributed by atoms with Gasteiger partial charge < -0.3 is 25.2 Å². The van der Waals surface area contributed by atoms with Crippen molar-refractivity contribution in [1.82, 2.24) is 0 Å². The van der Waals surface area contributed by atoms with Gasteiger partial charge in [-0.25, -0.2) is 4.57 Å². The Morgan fingerprint density at radius 3 is 1.57 bits per heavy atom. The Hall–Kier alpha value is -2.85. The number of rotatable bonds is 37. The normalized spacial score (nSPS) is 14.9. The second-order valence-electron chi connectivity index (χ2n) is 13.0. The number of hydrogen-bond acceptors (Lipinski definition) is 8. The number of esters is 1. The summed E-state index contributed by atoms with van der Waals surface area (Å²) < 4.78 is 33.1. The van der Waals surface area contributed by atoms with Crippen molar-refractivity contribution in [2.45, 2.75) is 148 Å². The molecule has 0 saturated heterocycles. The topological polar surface area (TPSA) is 155 Å². The number of unbranched alkanes of at least 4 members (excludes halogenated alkanes) is 9. The molecule has 11 heteroatoms. The van der Waals surface area contributed by atoms with Gasteiger partial charge in [0.25, 0.3) is 0 Å². The Kier molecular flexibility index (Phi) is 36.4. The minimum Gasteiger partial charge on any atom is -0.480 e. The number of hydrogen-bond donors (Lipinski definition) is 3. The quantitative estimate of drug-likeness (QED) is 0.0240. The molecular formula is C43H72NO9P. The number of carbonyl (C=O) groups is 2. The second-order valence-corrected chi connectivity index (χ2v) is 14.5. The molecule has 0 fully saturated rings. The van der Waals surface area contributed by atoms with Crippen molar-refractivity contribution in [3.63, 3.8) is 0 Å². The highest BCUT2D eigenvalue weighted by atomic mass is 31.2. The average Bonchev–Trinajstić information content (AvgIpc) is 3.15. The molecule has 0 spiro atoms. The minimum absolute atomic E-state index is 0.0175. The molecule has 0 heterocycles. The van der Waals surface area contributed by atoms with Gasteiger partial charge in [0, 0.05) is 13.0 Å². The van der Waals surface area contributed by atoms with Crippen molar-refractivity contribution in [3.8, 4) is 0 Å². The Morgan fingerprint density at radius 1 is 0.611 bits per heavy atom. The maximum Gasteiger partial charge on any atom is 0.472 e. The smallest absolute Gasteiger partial charge is 0.472 e. The highest BCUT2D eigenvalue weighted by Crippen LogP contribution is 2.43. The fourth-order valence-corrected chi connectivity index (χ4v) is 5.59. The number of carboxylic acid groups (broad SMARTS) is 1. The van der Waals surface area contributed by atoms with Crippen LogP contribution in [-0.4, -0.2) is 60.5 Å². The maximum atomic E-state index is 12.5. The second kappa shape index (κ2) is 38.4. The predicted octanol–water partition coefficient (Wildman–Crippen LogP) is 10.8. The fraction of sp³-hybridized carbons (Fsp3) is 0.628. The number of ether oxygens (including phenoxy) is 2.